The summed E-state index contributed by atoms with van der Waals surface area (Å²) < 4.78 is 2.03. The highest BCUT2D eigenvalue weighted by Gasteiger charge is 2.32. The average Bonchev–Trinajstić information content (AvgIpc) is 3.04. The van der Waals surface area contributed by atoms with Gasteiger partial charge in [0.15, 0.2) is 0 Å². The lowest BCUT2D eigenvalue weighted by Gasteiger charge is -2.45. The van der Waals surface area contributed by atoms with Crippen LogP contribution in [-0.2, 0) is 11.8 Å². The molecule has 1 aliphatic heterocycles. The number of imidazole rings is 1. The minimum atomic E-state index is -0.463. The van der Waals surface area contributed by atoms with Gasteiger partial charge in [-0.3, -0.25) is 4.79 Å². The molecule has 0 saturated carbocycles. The number of para-hydroxylation sites is 2. The predicted molar refractivity (Wildman–Crippen MR) is 114 cm³/mol. The monoisotopic (exact) mass is 413 g/mol. The molecule has 2 atom stereocenters. The van der Waals surface area contributed by atoms with Crippen LogP contribution in [-0.4, -0.2) is 62.2 Å². The molecule has 1 fully saturated rings. The molecule has 0 spiro atoms. The van der Waals surface area contributed by atoms with Crippen molar-refractivity contribution in [1.29, 1.82) is 0 Å². The maximum atomic E-state index is 11.9. The molecule has 7 nitrogen and oxygen atoms in total. The van der Waals surface area contributed by atoms with Gasteiger partial charge in [-0.1, -0.05) is 23.7 Å². The number of halogens is 1. The fraction of sp³-hybridized carbons (Fsp3) is 0.381. The summed E-state index contributed by atoms with van der Waals surface area (Å²) in [5.74, 6) is 1.34. The van der Waals surface area contributed by atoms with Gasteiger partial charge in [0.25, 0.3) is 0 Å². The number of aryl methyl sites for hydroxylation is 1. The van der Waals surface area contributed by atoms with Crippen LogP contribution >= 0.6 is 11.6 Å². The zero-order chi connectivity index (χ0) is 20.7. The number of carbonyl (C=O) groups excluding carboxylic acids is 1. The molecule has 1 amide bonds. The van der Waals surface area contributed by atoms with Crippen molar-refractivity contribution >= 4 is 34.4 Å². The van der Waals surface area contributed by atoms with Gasteiger partial charge in [0.1, 0.15) is 18.2 Å². The number of benzene rings is 1. The standard InChI is InChI=1S/C21H24ClN5O2/c1-13-10-26(20(29)12-28)11-14(2)27(13)19-8-15(16(22)9-23-19)21-24-17-6-4-5-7-18(17)25(21)3/h4-9,13-14,28H,10-12H2,1-3H3/t13-,14?/m0/s1. The molecule has 1 N–H and O–H groups in total. The maximum Gasteiger partial charge on any atom is 0.248 e. The van der Waals surface area contributed by atoms with E-state index in [0.29, 0.717) is 18.1 Å². The van der Waals surface area contributed by atoms with Gasteiger partial charge in [-0.2, -0.15) is 0 Å². The fourth-order valence-electron chi connectivity index (χ4n) is 4.20. The summed E-state index contributed by atoms with van der Waals surface area (Å²) in [4.78, 5) is 25.2. The highest BCUT2D eigenvalue weighted by atomic mass is 35.5. The van der Waals surface area contributed by atoms with Gasteiger partial charge in [0.2, 0.25) is 5.91 Å². The number of hydrogen-bond donors (Lipinski definition) is 1. The number of aromatic nitrogens is 3. The smallest absolute Gasteiger partial charge is 0.248 e. The molecule has 1 aliphatic rings. The molecule has 0 radical (unpaired) electrons. The van der Waals surface area contributed by atoms with Crippen LogP contribution < -0.4 is 4.90 Å². The highest BCUT2D eigenvalue weighted by molar-refractivity contribution is 6.33. The van der Waals surface area contributed by atoms with Gasteiger partial charge in [-0.05, 0) is 32.0 Å². The Morgan fingerprint density at radius 3 is 2.59 bits per heavy atom. The Labute approximate surface area is 174 Å². The fourth-order valence-corrected chi connectivity index (χ4v) is 4.39. The van der Waals surface area contributed by atoms with Crippen molar-refractivity contribution in [3.63, 3.8) is 0 Å². The number of anilines is 1. The molecule has 4 rings (SSSR count). The van der Waals surface area contributed by atoms with Crippen LogP contribution in [0.3, 0.4) is 0 Å². The molecule has 0 bridgehead atoms. The number of fused-ring (bicyclic) bond motifs is 1. The molecular weight excluding hydrogens is 390 g/mol. The number of aliphatic hydroxyl groups excluding tert-OH is 1. The second kappa shape index (κ2) is 7.65. The topological polar surface area (TPSA) is 74.5 Å². The lowest BCUT2D eigenvalue weighted by atomic mass is 10.1. The molecule has 2 aromatic heterocycles. The molecule has 29 heavy (non-hydrogen) atoms. The van der Waals surface area contributed by atoms with Crippen molar-refractivity contribution in [2.45, 2.75) is 25.9 Å². The zero-order valence-electron chi connectivity index (χ0n) is 16.7. The van der Waals surface area contributed by atoms with Crippen LogP contribution in [0, 0.1) is 0 Å². The number of piperazine rings is 1. The summed E-state index contributed by atoms with van der Waals surface area (Å²) >= 11 is 6.51. The van der Waals surface area contributed by atoms with Crippen molar-refractivity contribution < 1.29 is 9.90 Å². The molecule has 3 aromatic rings. The number of nitrogens with zero attached hydrogens (tertiary/aromatic N) is 5. The van der Waals surface area contributed by atoms with Crippen LogP contribution in [0.25, 0.3) is 22.4 Å². The van der Waals surface area contributed by atoms with E-state index >= 15 is 0 Å². The SMILES string of the molecule is CC1CN(C(=O)CO)C[C@H](C)N1c1cc(-c2nc3ccccc3n2C)c(Cl)cn1. The Balaban J connectivity index is 1.72. The third-order valence-electron chi connectivity index (χ3n) is 5.54. The third-order valence-corrected chi connectivity index (χ3v) is 5.84. The van der Waals surface area contributed by atoms with Crippen molar-refractivity contribution in [1.82, 2.24) is 19.4 Å². The third kappa shape index (κ3) is 3.45. The molecular formula is C21H24ClN5O2. The Morgan fingerprint density at radius 2 is 1.93 bits per heavy atom. The Kier molecular flexibility index (Phi) is 5.19. The van der Waals surface area contributed by atoms with Crippen molar-refractivity contribution in [3.8, 4) is 11.4 Å². The van der Waals surface area contributed by atoms with E-state index < -0.39 is 6.61 Å². The first-order chi connectivity index (χ1) is 13.9. The van der Waals surface area contributed by atoms with E-state index in [-0.39, 0.29) is 18.0 Å². The second-order valence-electron chi connectivity index (χ2n) is 7.57. The van der Waals surface area contributed by atoms with E-state index in [1.807, 2.05) is 41.9 Å². The second-order valence-corrected chi connectivity index (χ2v) is 7.97. The number of carbonyl (C=O) groups is 1. The summed E-state index contributed by atoms with van der Waals surface area (Å²) in [7, 11) is 1.98. The summed E-state index contributed by atoms with van der Waals surface area (Å²) in [5, 5.41) is 9.72. The minimum Gasteiger partial charge on any atom is -0.387 e. The van der Waals surface area contributed by atoms with E-state index in [0.717, 1.165) is 28.2 Å². The van der Waals surface area contributed by atoms with Crippen molar-refractivity contribution in [2.75, 3.05) is 24.6 Å². The number of amides is 1. The van der Waals surface area contributed by atoms with E-state index in [1.54, 1.807) is 11.1 Å². The largest absolute Gasteiger partial charge is 0.387 e. The van der Waals surface area contributed by atoms with Crippen LogP contribution in [0.15, 0.2) is 36.5 Å². The quantitative estimate of drug-likeness (QED) is 0.714. The first kappa shape index (κ1) is 19.7. The minimum absolute atomic E-state index is 0.0521. The maximum absolute atomic E-state index is 11.9. The van der Waals surface area contributed by atoms with E-state index in [4.69, 9.17) is 16.6 Å². The van der Waals surface area contributed by atoms with Gasteiger partial charge in [-0.15, -0.1) is 0 Å². The molecule has 3 heterocycles. The number of hydrogen-bond acceptors (Lipinski definition) is 5. The molecule has 0 aliphatic carbocycles. The summed E-state index contributed by atoms with van der Waals surface area (Å²) in [6.07, 6.45) is 1.66. The van der Waals surface area contributed by atoms with Crippen LogP contribution in [0.1, 0.15) is 13.8 Å². The molecule has 1 unspecified atom stereocenters. The van der Waals surface area contributed by atoms with Gasteiger partial charge in [0, 0.05) is 44.0 Å². The van der Waals surface area contributed by atoms with Crippen LogP contribution in [0.4, 0.5) is 5.82 Å². The normalized spacial score (nSPS) is 19.8. The Hall–Kier alpha value is -2.64. The molecule has 1 saturated heterocycles. The van der Waals surface area contributed by atoms with Crippen molar-refractivity contribution in [2.24, 2.45) is 7.05 Å². The first-order valence-corrected chi connectivity index (χ1v) is 10.0. The Morgan fingerprint density at radius 1 is 1.24 bits per heavy atom. The lowest BCUT2D eigenvalue weighted by molar-refractivity contribution is -0.135. The zero-order valence-corrected chi connectivity index (χ0v) is 17.5. The van der Waals surface area contributed by atoms with Gasteiger partial charge < -0.3 is 19.5 Å². The number of aliphatic hydroxyl groups is 1. The van der Waals surface area contributed by atoms with Crippen LogP contribution in [0.5, 0.6) is 0 Å². The first-order valence-electron chi connectivity index (χ1n) is 9.65. The molecule has 1 aromatic carbocycles. The van der Waals surface area contributed by atoms with E-state index in [2.05, 4.69) is 23.7 Å². The summed E-state index contributed by atoms with van der Waals surface area (Å²) in [6.45, 7) is 4.72. The number of rotatable bonds is 3. The predicted octanol–water partition coefficient (Wildman–Crippen LogP) is 2.71. The lowest BCUT2D eigenvalue weighted by Crippen LogP contribution is -2.59. The summed E-state index contributed by atoms with van der Waals surface area (Å²) in [6, 6.07) is 10.0. The number of pyridine rings is 1. The Bertz CT molecular complexity index is 1050. The van der Waals surface area contributed by atoms with E-state index in [9.17, 15) is 9.90 Å². The average molecular weight is 414 g/mol. The summed E-state index contributed by atoms with van der Waals surface area (Å²) in [5.41, 5.74) is 2.77. The van der Waals surface area contributed by atoms with Gasteiger partial charge in [0.05, 0.1) is 16.1 Å². The van der Waals surface area contributed by atoms with Crippen molar-refractivity contribution in [3.05, 3.63) is 41.6 Å². The van der Waals surface area contributed by atoms with Crippen LogP contribution in [0.2, 0.25) is 5.02 Å². The highest BCUT2D eigenvalue weighted by Crippen LogP contribution is 2.33. The molecule has 8 heteroatoms. The van der Waals surface area contributed by atoms with Gasteiger partial charge >= 0.3 is 0 Å². The van der Waals surface area contributed by atoms with E-state index in [1.165, 1.54) is 0 Å². The van der Waals surface area contributed by atoms with Gasteiger partial charge in [-0.25, -0.2) is 9.97 Å². The molecule has 152 valence electrons.